The molecule has 0 aliphatic rings. The smallest absolute Gasteiger partial charge is 0.276 e. The van der Waals surface area contributed by atoms with Crippen LogP contribution in [0.15, 0.2) is 82.8 Å². The van der Waals surface area contributed by atoms with Crippen molar-refractivity contribution in [1.82, 2.24) is 25.2 Å². The molecule has 0 saturated heterocycles. The summed E-state index contributed by atoms with van der Waals surface area (Å²) in [7, 11) is 1.62. The third-order valence-electron chi connectivity index (χ3n) is 4.89. The molecular formula is C24H18N6O3S. The Morgan fingerprint density at radius 2 is 1.88 bits per heavy atom. The molecule has 0 spiro atoms. The standard InChI is InChI=1S/C24H18N6O3S/c1-32-18-11-9-16(10-12-18)20-15-34-24(25-20)26-23(31)21(14-19-8-5-13-33-19)30-22(27-28-29-30)17-6-3-2-4-7-17/h2-15H,1H3,(H,25,26,31)/b21-14-. The van der Waals surface area contributed by atoms with Crippen LogP contribution in [0, 0.1) is 0 Å². The van der Waals surface area contributed by atoms with E-state index in [0.717, 1.165) is 22.6 Å². The number of nitrogens with one attached hydrogen (secondary N) is 1. The van der Waals surface area contributed by atoms with E-state index in [2.05, 4.69) is 25.8 Å². The fourth-order valence-corrected chi connectivity index (χ4v) is 3.95. The predicted molar refractivity (Wildman–Crippen MR) is 129 cm³/mol. The van der Waals surface area contributed by atoms with Crippen LogP contribution in [0.1, 0.15) is 5.76 Å². The fourth-order valence-electron chi connectivity index (χ4n) is 3.23. The Bertz CT molecular complexity index is 1420. The average Bonchev–Trinajstić information content (AvgIpc) is 3.65. The van der Waals surface area contributed by atoms with E-state index in [1.807, 2.05) is 60.0 Å². The van der Waals surface area contributed by atoms with E-state index < -0.39 is 5.91 Å². The lowest BCUT2D eigenvalue weighted by Crippen LogP contribution is -2.19. The third kappa shape index (κ3) is 4.48. The highest BCUT2D eigenvalue weighted by molar-refractivity contribution is 7.14. The Labute approximate surface area is 198 Å². The zero-order valence-electron chi connectivity index (χ0n) is 18.0. The summed E-state index contributed by atoms with van der Waals surface area (Å²) < 4.78 is 12.0. The molecule has 0 saturated carbocycles. The molecule has 0 fully saturated rings. The van der Waals surface area contributed by atoms with E-state index >= 15 is 0 Å². The second kappa shape index (κ2) is 9.51. The number of benzene rings is 2. The number of carbonyl (C=O) groups excluding carboxylic acids is 1. The molecule has 3 heterocycles. The van der Waals surface area contributed by atoms with Crippen molar-refractivity contribution in [2.45, 2.75) is 0 Å². The Balaban J connectivity index is 1.45. The number of hydrogen-bond donors (Lipinski definition) is 1. The highest BCUT2D eigenvalue weighted by Gasteiger charge is 2.21. The van der Waals surface area contributed by atoms with Gasteiger partial charge < -0.3 is 9.15 Å². The molecule has 1 N–H and O–H groups in total. The number of amides is 1. The van der Waals surface area contributed by atoms with Gasteiger partial charge in [0.2, 0.25) is 0 Å². The van der Waals surface area contributed by atoms with Crippen molar-refractivity contribution in [3.8, 4) is 28.4 Å². The maximum Gasteiger partial charge on any atom is 0.276 e. The lowest BCUT2D eigenvalue weighted by molar-refractivity contribution is -0.111. The zero-order chi connectivity index (χ0) is 23.3. The summed E-state index contributed by atoms with van der Waals surface area (Å²) in [6.07, 6.45) is 3.11. The number of hydrogen-bond acceptors (Lipinski definition) is 8. The second-order valence-corrected chi connectivity index (χ2v) is 7.90. The van der Waals surface area contributed by atoms with E-state index in [-0.39, 0.29) is 5.70 Å². The molecule has 3 aromatic heterocycles. The van der Waals surface area contributed by atoms with Crippen LogP contribution < -0.4 is 10.1 Å². The number of methoxy groups -OCH3 is 1. The van der Waals surface area contributed by atoms with Gasteiger partial charge in [-0.05, 0) is 46.8 Å². The molecule has 5 rings (SSSR count). The summed E-state index contributed by atoms with van der Waals surface area (Å²) in [6.45, 7) is 0. The predicted octanol–water partition coefficient (Wildman–Crippen LogP) is 4.70. The lowest BCUT2D eigenvalue weighted by Gasteiger charge is -2.09. The Hall–Kier alpha value is -4.57. The van der Waals surface area contributed by atoms with Gasteiger partial charge in [-0.15, -0.1) is 16.4 Å². The number of anilines is 1. The summed E-state index contributed by atoms with van der Waals surface area (Å²) in [5.41, 5.74) is 2.60. The third-order valence-corrected chi connectivity index (χ3v) is 5.65. The highest BCUT2D eigenvalue weighted by Crippen LogP contribution is 2.28. The van der Waals surface area contributed by atoms with Crippen LogP contribution in [0.5, 0.6) is 5.75 Å². The summed E-state index contributed by atoms with van der Waals surface area (Å²) in [6, 6.07) is 20.4. The van der Waals surface area contributed by atoms with E-state index in [0.29, 0.717) is 16.7 Å². The van der Waals surface area contributed by atoms with Crippen molar-refractivity contribution >= 4 is 34.1 Å². The first-order chi connectivity index (χ1) is 16.7. The van der Waals surface area contributed by atoms with Crippen molar-refractivity contribution in [1.29, 1.82) is 0 Å². The molecular weight excluding hydrogens is 452 g/mol. The minimum Gasteiger partial charge on any atom is -0.497 e. The molecule has 34 heavy (non-hydrogen) atoms. The van der Waals surface area contributed by atoms with Crippen LogP contribution in [-0.4, -0.2) is 38.2 Å². The van der Waals surface area contributed by atoms with Gasteiger partial charge in [0.15, 0.2) is 11.0 Å². The van der Waals surface area contributed by atoms with Crippen molar-refractivity contribution in [2.75, 3.05) is 12.4 Å². The van der Waals surface area contributed by atoms with E-state index in [1.54, 1.807) is 25.3 Å². The first kappa shape index (κ1) is 21.3. The summed E-state index contributed by atoms with van der Waals surface area (Å²) in [5.74, 6) is 1.23. The van der Waals surface area contributed by atoms with Crippen molar-refractivity contribution in [2.24, 2.45) is 0 Å². The molecule has 0 unspecified atom stereocenters. The highest BCUT2D eigenvalue weighted by atomic mass is 32.1. The molecule has 5 aromatic rings. The van der Waals surface area contributed by atoms with Crippen molar-refractivity contribution in [3.05, 3.63) is 84.1 Å². The Morgan fingerprint density at radius 3 is 2.62 bits per heavy atom. The van der Waals surface area contributed by atoms with Crippen molar-refractivity contribution in [3.63, 3.8) is 0 Å². The van der Waals surface area contributed by atoms with Crippen LogP contribution >= 0.6 is 11.3 Å². The molecule has 0 aliphatic heterocycles. The normalized spacial score (nSPS) is 11.4. The van der Waals surface area contributed by atoms with Gasteiger partial charge in [-0.2, -0.15) is 4.68 Å². The Kier molecular flexibility index (Phi) is 5.95. The number of tetrazole rings is 1. The van der Waals surface area contributed by atoms with Gasteiger partial charge >= 0.3 is 0 Å². The van der Waals surface area contributed by atoms with Gasteiger partial charge in [0, 0.05) is 22.6 Å². The second-order valence-electron chi connectivity index (χ2n) is 7.05. The topological polar surface area (TPSA) is 108 Å². The number of thiazole rings is 1. The van der Waals surface area contributed by atoms with Gasteiger partial charge in [0.05, 0.1) is 19.1 Å². The molecule has 1 amide bonds. The number of nitrogens with zero attached hydrogens (tertiary/aromatic N) is 5. The van der Waals surface area contributed by atoms with Crippen LogP contribution in [-0.2, 0) is 4.79 Å². The first-order valence-corrected chi connectivity index (χ1v) is 11.1. The molecule has 9 nitrogen and oxygen atoms in total. The molecule has 0 aliphatic carbocycles. The molecule has 2 aromatic carbocycles. The van der Waals surface area contributed by atoms with Crippen molar-refractivity contribution < 1.29 is 13.9 Å². The average molecular weight is 471 g/mol. The molecule has 0 atom stereocenters. The molecule has 10 heteroatoms. The van der Waals surface area contributed by atoms with Crippen LogP contribution in [0.2, 0.25) is 0 Å². The van der Waals surface area contributed by atoms with Crippen LogP contribution in [0.25, 0.3) is 34.4 Å². The Morgan fingerprint density at radius 1 is 1.06 bits per heavy atom. The zero-order valence-corrected chi connectivity index (χ0v) is 18.8. The minimum absolute atomic E-state index is 0.181. The van der Waals surface area contributed by atoms with Crippen LogP contribution in [0.4, 0.5) is 5.13 Å². The molecule has 168 valence electrons. The molecule has 0 bridgehead atoms. The number of aromatic nitrogens is 5. The summed E-state index contributed by atoms with van der Waals surface area (Å²) in [5, 5.41) is 17.1. The van der Waals surface area contributed by atoms with Gasteiger partial charge in [-0.1, -0.05) is 30.3 Å². The lowest BCUT2D eigenvalue weighted by atomic mass is 10.2. The number of rotatable bonds is 7. The van der Waals surface area contributed by atoms with E-state index in [1.165, 1.54) is 22.3 Å². The van der Waals surface area contributed by atoms with Gasteiger partial charge in [-0.3, -0.25) is 10.1 Å². The van der Waals surface area contributed by atoms with Gasteiger partial charge in [0.25, 0.3) is 5.91 Å². The largest absolute Gasteiger partial charge is 0.497 e. The van der Waals surface area contributed by atoms with Gasteiger partial charge in [0.1, 0.15) is 17.2 Å². The van der Waals surface area contributed by atoms with E-state index in [9.17, 15) is 4.79 Å². The maximum absolute atomic E-state index is 13.4. The maximum atomic E-state index is 13.4. The summed E-state index contributed by atoms with van der Waals surface area (Å²) in [4.78, 5) is 17.9. The monoisotopic (exact) mass is 470 g/mol. The quantitative estimate of drug-likeness (QED) is 0.343. The summed E-state index contributed by atoms with van der Waals surface area (Å²) >= 11 is 1.32. The van der Waals surface area contributed by atoms with Crippen LogP contribution in [0.3, 0.4) is 0 Å². The van der Waals surface area contributed by atoms with E-state index in [4.69, 9.17) is 9.15 Å². The SMILES string of the molecule is COc1ccc(-c2csc(NC(=O)/C(=C/c3ccco3)n3nnnc3-c3ccccc3)n2)cc1. The minimum atomic E-state index is -0.434. The number of carbonyl (C=O) groups is 1. The molecule has 0 radical (unpaired) electrons. The number of ether oxygens (including phenoxy) is 1. The van der Waals surface area contributed by atoms with Gasteiger partial charge in [-0.25, -0.2) is 4.98 Å². The number of furan rings is 1. The first-order valence-electron chi connectivity index (χ1n) is 10.2. The fraction of sp³-hybridized carbons (Fsp3) is 0.0417.